The van der Waals surface area contributed by atoms with Crippen molar-refractivity contribution in [3.8, 4) is 11.4 Å². The maximum Gasteiger partial charge on any atom is 0.328 e. The molecule has 2 aromatic heterocycles. The lowest BCUT2D eigenvalue weighted by atomic mass is 10.2. The first-order valence-corrected chi connectivity index (χ1v) is 6.14. The normalized spacial score (nSPS) is 10.5. The van der Waals surface area contributed by atoms with Gasteiger partial charge < -0.3 is 4.52 Å². The Morgan fingerprint density at radius 3 is 2.86 bits per heavy atom. The summed E-state index contributed by atoms with van der Waals surface area (Å²) >= 11 is 0. The molecule has 0 saturated heterocycles. The van der Waals surface area contributed by atoms with E-state index >= 15 is 0 Å². The topological polar surface area (TPSA) is 112 Å². The number of nitrogens with zero attached hydrogens (tertiary/aromatic N) is 6. The molecule has 0 unspecified atom stereocenters. The Labute approximate surface area is 119 Å². The minimum absolute atomic E-state index is 0.0425. The van der Waals surface area contributed by atoms with Gasteiger partial charge in [-0.3, -0.25) is 10.1 Å². The summed E-state index contributed by atoms with van der Waals surface area (Å²) in [5.41, 5.74) is 0.830. The molecule has 0 fully saturated rings. The predicted molar refractivity (Wildman–Crippen MR) is 70.9 cm³/mol. The molecule has 9 heteroatoms. The summed E-state index contributed by atoms with van der Waals surface area (Å²) in [5, 5.41) is 17.9. The molecule has 0 atom stereocenters. The number of carbonyl (C=O) groups is 1. The number of aromatic nitrogens is 6. The number of hydrogen-bond donors (Lipinski definition) is 1. The molecule has 0 aliphatic heterocycles. The third kappa shape index (κ3) is 3.08. The van der Waals surface area contributed by atoms with E-state index in [0.717, 1.165) is 5.56 Å². The van der Waals surface area contributed by atoms with E-state index in [1.165, 1.54) is 4.80 Å². The second-order valence-corrected chi connectivity index (χ2v) is 4.20. The van der Waals surface area contributed by atoms with Crippen molar-refractivity contribution in [1.82, 2.24) is 30.3 Å². The van der Waals surface area contributed by atoms with E-state index in [1.807, 2.05) is 30.3 Å². The van der Waals surface area contributed by atoms with Crippen molar-refractivity contribution < 1.29 is 9.32 Å². The summed E-state index contributed by atoms with van der Waals surface area (Å²) in [6.45, 7) is 1.56. The average Bonchev–Trinajstić information content (AvgIpc) is 3.09. The molecule has 0 aliphatic rings. The molecule has 106 valence electrons. The van der Waals surface area contributed by atoms with E-state index in [4.69, 9.17) is 4.52 Å². The molecule has 0 aliphatic carbocycles. The minimum atomic E-state index is -0.379. The van der Waals surface area contributed by atoms with Gasteiger partial charge in [0.15, 0.2) is 5.82 Å². The number of amides is 1. The van der Waals surface area contributed by atoms with Gasteiger partial charge in [0.2, 0.25) is 5.82 Å². The molecule has 9 nitrogen and oxygen atoms in total. The van der Waals surface area contributed by atoms with Crippen LogP contribution in [0.5, 0.6) is 0 Å². The van der Waals surface area contributed by atoms with E-state index in [9.17, 15) is 4.79 Å². The first-order chi connectivity index (χ1) is 10.2. The van der Waals surface area contributed by atoms with Gasteiger partial charge in [0.25, 0.3) is 5.91 Å². The Morgan fingerprint density at radius 1 is 1.33 bits per heavy atom. The van der Waals surface area contributed by atoms with Crippen LogP contribution in [0.15, 0.2) is 34.9 Å². The molecular formula is C12H11N7O2. The number of aryl methyl sites for hydroxylation is 1. The van der Waals surface area contributed by atoms with Gasteiger partial charge in [-0.05, 0) is 12.1 Å². The van der Waals surface area contributed by atoms with E-state index in [1.54, 1.807) is 6.92 Å². The van der Waals surface area contributed by atoms with Crippen LogP contribution in [0, 0.1) is 6.92 Å². The number of carbonyl (C=O) groups excluding carboxylic acids is 1. The first-order valence-electron chi connectivity index (χ1n) is 6.14. The zero-order valence-corrected chi connectivity index (χ0v) is 11.1. The monoisotopic (exact) mass is 285 g/mol. The predicted octanol–water partition coefficient (Wildman–Crippen LogP) is 0.670. The van der Waals surface area contributed by atoms with E-state index in [-0.39, 0.29) is 18.5 Å². The van der Waals surface area contributed by atoms with Crippen molar-refractivity contribution in [2.75, 3.05) is 5.32 Å². The fraction of sp³-hybridized carbons (Fsp3) is 0.167. The minimum Gasteiger partial charge on any atom is -0.315 e. The summed E-state index contributed by atoms with van der Waals surface area (Å²) < 4.78 is 4.79. The molecule has 3 aromatic rings. The molecule has 0 saturated carbocycles. The molecule has 0 radical (unpaired) electrons. The fourth-order valence-electron chi connectivity index (χ4n) is 1.65. The lowest BCUT2D eigenvalue weighted by molar-refractivity contribution is -0.117. The highest BCUT2D eigenvalue weighted by Crippen LogP contribution is 2.11. The Bertz CT molecular complexity index is 750. The maximum absolute atomic E-state index is 11.8. The highest BCUT2D eigenvalue weighted by atomic mass is 16.5. The number of nitrogens with one attached hydrogen (secondary N) is 1. The Morgan fingerprint density at radius 2 is 2.14 bits per heavy atom. The van der Waals surface area contributed by atoms with Crippen LogP contribution in [0.1, 0.15) is 5.82 Å². The van der Waals surface area contributed by atoms with Crippen LogP contribution in [0.4, 0.5) is 6.01 Å². The largest absolute Gasteiger partial charge is 0.328 e. The lowest BCUT2D eigenvalue weighted by Gasteiger charge is -1.98. The summed E-state index contributed by atoms with van der Waals surface area (Å²) in [6, 6.07) is 9.42. The number of hydrogen-bond acceptors (Lipinski definition) is 7. The number of benzene rings is 1. The molecule has 2 heterocycles. The van der Waals surface area contributed by atoms with Crippen molar-refractivity contribution >= 4 is 11.9 Å². The zero-order valence-electron chi connectivity index (χ0n) is 11.1. The Kier molecular flexibility index (Phi) is 3.37. The van der Waals surface area contributed by atoms with Crippen LogP contribution in [0.2, 0.25) is 0 Å². The highest BCUT2D eigenvalue weighted by molar-refractivity contribution is 5.88. The van der Waals surface area contributed by atoms with E-state index in [0.29, 0.717) is 11.6 Å². The molecular weight excluding hydrogens is 274 g/mol. The van der Waals surface area contributed by atoms with Gasteiger partial charge in [0.05, 0.1) is 0 Å². The van der Waals surface area contributed by atoms with Crippen molar-refractivity contribution in [3.05, 3.63) is 36.2 Å². The third-order valence-electron chi connectivity index (χ3n) is 2.54. The Hall–Kier alpha value is -3.10. The van der Waals surface area contributed by atoms with Gasteiger partial charge in [-0.2, -0.15) is 9.78 Å². The number of tetrazole rings is 1. The molecule has 1 aromatic carbocycles. The van der Waals surface area contributed by atoms with Crippen molar-refractivity contribution in [3.63, 3.8) is 0 Å². The van der Waals surface area contributed by atoms with Gasteiger partial charge in [-0.1, -0.05) is 35.5 Å². The molecule has 0 spiro atoms. The summed E-state index contributed by atoms with van der Waals surface area (Å²) in [5.74, 6) is 0.517. The van der Waals surface area contributed by atoms with Crippen molar-refractivity contribution in [2.24, 2.45) is 0 Å². The van der Waals surface area contributed by atoms with Gasteiger partial charge in [-0.15, -0.1) is 10.2 Å². The quantitative estimate of drug-likeness (QED) is 0.749. The number of rotatable bonds is 4. The SMILES string of the molecule is Cc1noc(NC(=O)Cn2nnc(-c3ccccc3)n2)n1. The summed E-state index contributed by atoms with van der Waals surface area (Å²) in [6.07, 6.45) is 0. The van der Waals surface area contributed by atoms with Crippen LogP contribution in [-0.2, 0) is 11.3 Å². The van der Waals surface area contributed by atoms with Gasteiger partial charge in [0, 0.05) is 5.56 Å². The van der Waals surface area contributed by atoms with Crippen LogP contribution in [0.3, 0.4) is 0 Å². The summed E-state index contributed by atoms with van der Waals surface area (Å²) in [4.78, 5) is 16.8. The molecule has 0 bridgehead atoms. The zero-order chi connectivity index (χ0) is 14.7. The van der Waals surface area contributed by atoms with Crippen LogP contribution >= 0.6 is 0 Å². The summed E-state index contributed by atoms with van der Waals surface area (Å²) in [7, 11) is 0. The second-order valence-electron chi connectivity index (χ2n) is 4.20. The smallest absolute Gasteiger partial charge is 0.315 e. The molecule has 1 amide bonds. The fourth-order valence-corrected chi connectivity index (χ4v) is 1.65. The molecule has 1 N–H and O–H groups in total. The number of anilines is 1. The van der Waals surface area contributed by atoms with E-state index < -0.39 is 0 Å². The first kappa shape index (κ1) is 12.9. The van der Waals surface area contributed by atoms with Crippen LogP contribution < -0.4 is 5.32 Å². The molecule has 3 rings (SSSR count). The van der Waals surface area contributed by atoms with Crippen molar-refractivity contribution in [1.29, 1.82) is 0 Å². The van der Waals surface area contributed by atoms with E-state index in [2.05, 4.69) is 30.9 Å². The van der Waals surface area contributed by atoms with Gasteiger partial charge in [0.1, 0.15) is 6.54 Å². The highest BCUT2D eigenvalue weighted by Gasteiger charge is 2.11. The van der Waals surface area contributed by atoms with Gasteiger partial charge >= 0.3 is 6.01 Å². The second kappa shape index (κ2) is 5.49. The van der Waals surface area contributed by atoms with Crippen LogP contribution in [-0.4, -0.2) is 36.3 Å². The molecule has 21 heavy (non-hydrogen) atoms. The lowest BCUT2D eigenvalue weighted by Crippen LogP contribution is -2.20. The van der Waals surface area contributed by atoms with Crippen LogP contribution in [0.25, 0.3) is 11.4 Å². The Balaban J connectivity index is 1.66. The average molecular weight is 285 g/mol. The maximum atomic E-state index is 11.8. The third-order valence-corrected chi connectivity index (χ3v) is 2.54. The van der Waals surface area contributed by atoms with Gasteiger partial charge in [-0.25, -0.2) is 0 Å². The van der Waals surface area contributed by atoms with Crippen molar-refractivity contribution in [2.45, 2.75) is 13.5 Å². The standard InChI is InChI=1S/C12H11N7O2/c1-8-13-12(21-17-8)14-10(20)7-19-16-11(15-18-19)9-5-3-2-4-6-9/h2-6H,7H2,1H3,(H,13,14,17,20).